The van der Waals surface area contributed by atoms with E-state index in [1.165, 1.54) is 11.3 Å². The molecule has 0 aliphatic heterocycles. The van der Waals surface area contributed by atoms with Gasteiger partial charge in [0.1, 0.15) is 0 Å². The third kappa shape index (κ3) is 2.70. The highest BCUT2D eigenvalue weighted by atomic mass is 79.9. The first-order valence-electron chi connectivity index (χ1n) is 6.53. The molecule has 0 saturated carbocycles. The molecule has 18 heavy (non-hydrogen) atoms. The van der Waals surface area contributed by atoms with Gasteiger partial charge in [-0.25, -0.2) is 0 Å². The number of aryl methyl sites for hydroxylation is 1. The second-order valence-corrected chi connectivity index (χ2v) is 12.3. The maximum absolute atomic E-state index is 6.52. The molecule has 0 fully saturated rings. The molecule has 0 amide bonds. The van der Waals surface area contributed by atoms with Crippen molar-refractivity contribution in [2.45, 2.75) is 57.8 Å². The number of hydrogen-bond donors (Lipinski definition) is 0. The van der Waals surface area contributed by atoms with E-state index in [4.69, 9.17) is 4.43 Å². The number of hydrogen-bond acceptors (Lipinski definition) is 2. The predicted octanol–water partition coefficient (Wildman–Crippen LogP) is 4.85. The largest absolute Gasteiger partial charge is 0.410 e. The number of halogens is 1. The summed E-state index contributed by atoms with van der Waals surface area (Å²) in [6.07, 6.45) is 4.24. The van der Waals surface area contributed by atoms with E-state index in [0.29, 0.717) is 0 Å². The lowest BCUT2D eigenvalue weighted by Gasteiger charge is -2.38. The van der Waals surface area contributed by atoms with Crippen LogP contribution in [0.3, 0.4) is 0 Å². The van der Waals surface area contributed by atoms with Gasteiger partial charge in [-0.2, -0.15) is 0 Å². The third-order valence-corrected chi connectivity index (χ3v) is 9.12. The normalized spacial score (nSPS) is 20.0. The monoisotopic (exact) mass is 327 g/mol. The van der Waals surface area contributed by atoms with Crippen molar-refractivity contribution in [3.8, 4) is 0 Å². The Bertz CT molecular complexity index is 454. The summed E-state index contributed by atoms with van der Waals surface area (Å²) in [6.45, 7) is 11.5. The summed E-state index contributed by atoms with van der Waals surface area (Å²) >= 11 is 3.50. The first-order valence-corrected chi connectivity index (χ1v) is 10.2. The first kappa shape index (κ1) is 14.2. The fourth-order valence-electron chi connectivity index (χ4n) is 2.05. The Hall–Kier alpha value is -0.193. The van der Waals surface area contributed by atoms with Crippen molar-refractivity contribution in [2.75, 3.05) is 0 Å². The molecule has 0 spiro atoms. The topological polar surface area (TPSA) is 22.1 Å². The summed E-state index contributed by atoms with van der Waals surface area (Å²) < 4.78 is 7.57. The van der Waals surface area contributed by atoms with Gasteiger partial charge in [-0.15, -0.1) is 0 Å². The van der Waals surface area contributed by atoms with E-state index < -0.39 is 8.32 Å². The highest BCUT2D eigenvalue weighted by molar-refractivity contribution is 9.10. The quantitative estimate of drug-likeness (QED) is 0.724. The maximum Gasteiger partial charge on any atom is 0.192 e. The van der Waals surface area contributed by atoms with Crippen LogP contribution < -0.4 is 0 Å². The van der Waals surface area contributed by atoms with Crippen molar-refractivity contribution >= 4 is 24.2 Å². The van der Waals surface area contributed by atoms with Gasteiger partial charge in [0.25, 0.3) is 0 Å². The van der Waals surface area contributed by atoms with Gasteiger partial charge in [0, 0.05) is 21.9 Å². The summed E-state index contributed by atoms with van der Waals surface area (Å²) in [7, 11) is -1.70. The van der Waals surface area contributed by atoms with E-state index in [1.54, 1.807) is 0 Å². The van der Waals surface area contributed by atoms with E-state index in [9.17, 15) is 0 Å². The van der Waals surface area contributed by atoms with Gasteiger partial charge in [-0.3, -0.25) is 4.98 Å². The highest BCUT2D eigenvalue weighted by Crippen LogP contribution is 2.43. The molecule has 0 unspecified atom stereocenters. The van der Waals surface area contributed by atoms with Crippen LogP contribution in [0.5, 0.6) is 0 Å². The maximum atomic E-state index is 6.52. The zero-order valence-corrected chi connectivity index (χ0v) is 14.5. The van der Waals surface area contributed by atoms with Gasteiger partial charge in [-0.05, 0) is 53.0 Å². The molecule has 0 saturated heterocycles. The van der Waals surface area contributed by atoms with Crippen molar-refractivity contribution < 1.29 is 4.43 Å². The van der Waals surface area contributed by atoms with E-state index in [1.807, 2.05) is 6.20 Å². The minimum atomic E-state index is -1.70. The second kappa shape index (κ2) is 4.73. The Morgan fingerprint density at radius 2 is 2.06 bits per heavy atom. The molecule has 4 heteroatoms. The summed E-state index contributed by atoms with van der Waals surface area (Å²) in [6, 6.07) is 2.17. The molecule has 2 nitrogen and oxygen atoms in total. The van der Waals surface area contributed by atoms with E-state index in [-0.39, 0.29) is 11.1 Å². The van der Waals surface area contributed by atoms with Crippen molar-refractivity contribution in [3.05, 3.63) is 28.0 Å². The standard InChI is InChI=1S/C14H22BrNOSi/c1-14(2,3)18(4,5)17-13-7-6-12-11(13)8-10(15)9-16-12/h8-9,13H,6-7H2,1-5H3/t13-/m1/s1. The Kier molecular flexibility index (Phi) is 3.73. The van der Waals surface area contributed by atoms with Crippen LogP contribution in [0.1, 0.15) is 44.6 Å². The van der Waals surface area contributed by atoms with E-state index in [2.05, 4.69) is 60.8 Å². The van der Waals surface area contributed by atoms with Gasteiger partial charge in [0.2, 0.25) is 0 Å². The average molecular weight is 328 g/mol. The van der Waals surface area contributed by atoms with Crippen molar-refractivity contribution in [3.63, 3.8) is 0 Å². The molecular formula is C14H22BrNOSi. The molecule has 1 heterocycles. The van der Waals surface area contributed by atoms with Crippen LogP contribution in [0.25, 0.3) is 0 Å². The zero-order chi connectivity index (χ0) is 13.6. The molecule has 0 N–H and O–H groups in total. The van der Waals surface area contributed by atoms with Crippen LogP contribution in [-0.4, -0.2) is 13.3 Å². The lowest BCUT2D eigenvalue weighted by Crippen LogP contribution is -2.41. The SMILES string of the molecule is CC(C)(C)[Si](C)(C)O[C@@H]1CCc2ncc(Br)cc21. The molecule has 1 aliphatic rings. The predicted molar refractivity (Wildman–Crippen MR) is 81.3 cm³/mol. The molecule has 1 aliphatic carbocycles. The molecule has 0 radical (unpaired) electrons. The zero-order valence-electron chi connectivity index (χ0n) is 11.9. The van der Waals surface area contributed by atoms with Crippen molar-refractivity contribution in [2.24, 2.45) is 0 Å². The van der Waals surface area contributed by atoms with Gasteiger partial charge < -0.3 is 4.43 Å². The molecule has 100 valence electrons. The number of pyridine rings is 1. The summed E-state index contributed by atoms with van der Waals surface area (Å²) in [5.74, 6) is 0. The van der Waals surface area contributed by atoms with Gasteiger partial charge >= 0.3 is 0 Å². The Morgan fingerprint density at radius 3 is 2.67 bits per heavy atom. The molecule has 0 bridgehead atoms. The molecule has 1 aromatic rings. The van der Waals surface area contributed by atoms with E-state index >= 15 is 0 Å². The minimum absolute atomic E-state index is 0.242. The summed E-state index contributed by atoms with van der Waals surface area (Å²) in [5, 5.41) is 0.259. The Labute approximate surface area is 119 Å². The smallest absolute Gasteiger partial charge is 0.192 e. The van der Waals surface area contributed by atoms with Gasteiger partial charge in [-0.1, -0.05) is 20.8 Å². The van der Waals surface area contributed by atoms with Crippen LogP contribution in [0.2, 0.25) is 18.1 Å². The second-order valence-electron chi connectivity index (χ2n) is 6.59. The Morgan fingerprint density at radius 1 is 1.39 bits per heavy atom. The molecule has 0 aromatic carbocycles. The lowest BCUT2D eigenvalue weighted by atomic mass is 10.2. The van der Waals surface area contributed by atoms with Crippen LogP contribution >= 0.6 is 15.9 Å². The van der Waals surface area contributed by atoms with Crippen LogP contribution in [-0.2, 0) is 10.8 Å². The van der Waals surface area contributed by atoms with Crippen molar-refractivity contribution in [1.82, 2.24) is 4.98 Å². The van der Waals surface area contributed by atoms with Gasteiger partial charge in [0.15, 0.2) is 8.32 Å². The fourth-order valence-corrected chi connectivity index (χ4v) is 3.71. The number of aromatic nitrogens is 1. The van der Waals surface area contributed by atoms with Gasteiger partial charge in [0.05, 0.1) is 6.10 Å². The summed E-state index contributed by atoms with van der Waals surface area (Å²) in [5.41, 5.74) is 2.50. The molecule has 2 rings (SSSR count). The third-order valence-electron chi connectivity index (χ3n) is 4.20. The number of rotatable bonds is 2. The molecular weight excluding hydrogens is 306 g/mol. The lowest BCUT2D eigenvalue weighted by molar-refractivity contribution is 0.185. The van der Waals surface area contributed by atoms with Crippen molar-refractivity contribution in [1.29, 1.82) is 0 Å². The summed E-state index contributed by atoms with van der Waals surface area (Å²) in [4.78, 5) is 4.49. The van der Waals surface area contributed by atoms with E-state index in [0.717, 1.165) is 17.3 Å². The average Bonchev–Trinajstić information content (AvgIpc) is 2.59. The number of fused-ring (bicyclic) bond motifs is 1. The fraction of sp³-hybridized carbons (Fsp3) is 0.643. The minimum Gasteiger partial charge on any atom is -0.410 e. The highest BCUT2D eigenvalue weighted by Gasteiger charge is 2.40. The van der Waals surface area contributed by atoms with Crippen LogP contribution in [0, 0.1) is 0 Å². The number of nitrogens with zero attached hydrogens (tertiary/aromatic N) is 1. The Balaban J connectivity index is 2.22. The molecule has 1 aromatic heterocycles. The molecule has 1 atom stereocenters. The first-order chi connectivity index (χ1) is 8.21. The van der Waals surface area contributed by atoms with Crippen LogP contribution in [0.4, 0.5) is 0 Å². The van der Waals surface area contributed by atoms with Crippen LogP contribution in [0.15, 0.2) is 16.7 Å².